The molecule has 21 heteroatoms. The number of aromatic carboxylic acids is 1. The monoisotopic (exact) mass is 1020 g/mol. The Morgan fingerprint density at radius 2 is 0.945 bits per heavy atom. The second kappa shape index (κ2) is 25.3. The van der Waals surface area contributed by atoms with E-state index in [9.17, 15) is 45.5 Å². The summed E-state index contributed by atoms with van der Waals surface area (Å²) in [5.74, 6) is -2.19. The van der Waals surface area contributed by atoms with Gasteiger partial charge in [-0.1, -0.05) is 60.7 Å². The largest absolute Gasteiger partial charge is 1.00 e. The fourth-order valence-corrected chi connectivity index (χ4v) is 7.57. The van der Waals surface area contributed by atoms with E-state index in [1.165, 1.54) is 55.9 Å². The molecule has 0 saturated heterocycles. The molecular weight excluding hydrogens is 974 g/mol. The second-order valence-electron chi connectivity index (χ2n) is 15.9. The summed E-state index contributed by atoms with van der Waals surface area (Å²) in [4.78, 5) is 48.8. The molecule has 5 N–H and O–H groups in total. The van der Waals surface area contributed by atoms with E-state index in [0.717, 1.165) is 53.6 Å². The summed E-state index contributed by atoms with van der Waals surface area (Å²) >= 11 is 0. The normalized spacial score (nSPS) is 11.8. The fourth-order valence-electron chi connectivity index (χ4n) is 7.57. The molecule has 376 valence electrons. The van der Waals surface area contributed by atoms with E-state index in [1.807, 2.05) is 13.0 Å². The van der Waals surface area contributed by atoms with Crippen LogP contribution in [0.15, 0.2) is 146 Å². The zero-order valence-electron chi connectivity index (χ0n) is 39.9. The van der Waals surface area contributed by atoms with Crippen molar-refractivity contribution in [1.29, 1.82) is 0 Å². The number of carbonyl (C=O) groups is 4. The SMILES string of the molecule is CO.COC(=O)c1ccc([C@H](C)NC(=O)c2cnn3cccc(Cc4ccc(C(F)(F)F)cc4)c23)cc1.C[C@H](NC(=O)c1cnn2cccc(Cc3ccc(C(F)(F)F)cc3)c12)c1ccc(C(=O)O)cc1.[Na+].[OH-]. The number of amides is 2. The maximum atomic E-state index is 13.1. The van der Waals surface area contributed by atoms with Gasteiger partial charge in [0.05, 0.1) is 76.0 Å². The molecule has 0 bridgehead atoms. The predicted octanol–water partition coefficient (Wildman–Crippen LogP) is 6.79. The minimum absolute atomic E-state index is 0. The summed E-state index contributed by atoms with van der Waals surface area (Å²) in [6.45, 7) is 3.60. The molecule has 8 rings (SSSR count). The Hall–Kier alpha value is -7.36. The van der Waals surface area contributed by atoms with E-state index < -0.39 is 41.5 Å². The third kappa shape index (κ3) is 14.4. The zero-order valence-corrected chi connectivity index (χ0v) is 41.9. The number of esters is 1. The average Bonchev–Trinajstić information content (AvgIpc) is 4.01. The van der Waals surface area contributed by atoms with Crippen molar-refractivity contribution in [1.82, 2.24) is 29.9 Å². The van der Waals surface area contributed by atoms with Crippen LogP contribution in [-0.2, 0) is 29.9 Å². The van der Waals surface area contributed by atoms with Crippen molar-refractivity contribution in [2.75, 3.05) is 14.2 Å². The molecule has 2 amide bonds. The number of nitrogens with zero attached hydrogens (tertiary/aromatic N) is 4. The van der Waals surface area contributed by atoms with Crippen LogP contribution in [0.4, 0.5) is 26.3 Å². The summed E-state index contributed by atoms with van der Waals surface area (Å²) in [5, 5.41) is 30.4. The van der Waals surface area contributed by atoms with E-state index in [-0.39, 0.29) is 58.5 Å². The van der Waals surface area contributed by atoms with Crippen molar-refractivity contribution in [3.63, 3.8) is 0 Å². The first kappa shape index (κ1) is 58.2. The van der Waals surface area contributed by atoms with Gasteiger partial charge in [0.15, 0.2) is 0 Å². The molecule has 0 unspecified atom stereocenters. The van der Waals surface area contributed by atoms with Crippen molar-refractivity contribution in [3.8, 4) is 0 Å². The van der Waals surface area contributed by atoms with Crippen LogP contribution >= 0.6 is 0 Å². The average molecular weight is 1020 g/mol. The van der Waals surface area contributed by atoms with E-state index >= 15 is 0 Å². The van der Waals surface area contributed by atoms with E-state index in [2.05, 4.69) is 20.8 Å². The Kier molecular flexibility index (Phi) is 20.2. The maximum absolute atomic E-state index is 13.1. The molecule has 4 aromatic heterocycles. The summed E-state index contributed by atoms with van der Waals surface area (Å²) in [5.41, 5.74) is 5.33. The van der Waals surface area contributed by atoms with Crippen LogP contribution in [-0.4, -0.2) is 72.9 Å². The summed E-state index contributed by atoms with van der Waals surface area (Å²) in [7, 11) is 2.31. The number of pyridine rings is 2. The Morgan fingerprint density at radius 1 is 0.589 bits per heavy atom. The van der Waals surface area contributed by atoms with Crippen LogP contribution in [0.5, 0.6) is 0 Å². The third-order valence-electron chi connectivity index (χ3n) is 11.3. The van der Waals surface area contributed by atoms with Gasteiger partial charge >= 0.3 is 53.8 Å². The van der Waals surface area contributed by atoms with Crippen LogP contribution in [0.2, 0.25) is 0 Å². The van der Waals surface area contributed by atoms with Crippen LogP contribution in [0.1, 0.15) is 112 Å². The number of methoxy groups -OCH3 is 1. The van der Waals surface area contributed by atoms with E-state index in [0.29, 0.717) is 51.7 Å². The number of hydrogen-bond donors (Lipinski definition) is 4. The Morgan fingerprint density at radius 3 is 1.27 bits per heavy atom. The number of ether oxygens (including phenoxy) is 1. The number of carbonyl (C=O) groups excluding carboxylic acids is 3. The second-order valence-corrected chi connectivity index (χ2v) is 15.9. The summed E-state index contributed by atoms with van der Waals surface area (Å²) in [6, 6.07) is 29.2. The molecule has 4 heterocycles. The minimum Gasteiger partial charge on any atom is -0.870 e. The number of carboxylic acid groups (broad SMARTS) is 1. The number of aliphatic hydroxyl groups is 1. The molecule has 0 saturated carbocycles. The van der Waals surface area contributed by atoms with Gasteiger partial charge in [-0.05, 0) is 121 Å². The first-order chi connectivity index (χ1) is 33.8. The number of alkyl halides is 6. The van der Waals surface area contributed by atoms with Gasteiger partial charge in [0.2, 0.25) is 0 Å². The van der Waals surface area contributed by atoms with Crippen LogP contribution in [0.3, 0.4) is 0 Å². The molecule has 73 heavy (non-hydrogen) atoms. The van der Waals surface area contributed by atoms with Gasteiger partial charge in [-0.2, -0.15) is 36.5 Å². The topological polar surface area (TPSA) is 207 Å². The smallest absolute Gasteiger partial charge is 0.870 e. The van der Waals surface area contributed by atoms with Crippen molar-refractivity contribution in [3.05, 3.63) is 213 Å². The fraction of sp³-hybridized carbons (Fsp3) is 0.192. The number of rotatable bonds is 12. The Labute approximate surface area is 436 Å². The third-order valence-corrected chi connectivity index (χ3v) is 11.3. The molecule has 0 aliphatic carbocycles. The number of hydrogen-bond acceptors (Lipinski definition) is 9. The predicted molar refractivity (Wildman–Crippen MR) is 252 cm³/mol. The van der Waals surface area contributed by atoms with Crippen LogP contribution < -0.4 is 40.2 Å². The quantitative estimate of drug-likeness (QED) is 0.0573. The summed E-state index contributed by atoms with van der Waals surface area (Å²) < 4.78 is 85.0. The number of halogens is 6. The Balaban J connectivity index is 0.000000298. The molecular formula is C52H47F6N6NaO8. The molecule has 0 aliphatic heterocycles. The molecule has 14 nitrogen and oxygen atoms in total. The van der Waals surface area contributed by atoms with E-state index in [4.69, 9.17) is 14.9 Å². The molecule has 0 aliphatic rings. The van der Waals surface area contributed by atoms with Crippen molar-refractivity contribution >= 4 is 34.8 Å². The van der Waals surface area contributed by atoms with Gasteiger partial charge in [0.1, 0.15) is 0 Å². The number of benzene rings is 4. The molecule has 0 fully saturated rings. The first-order valence-electron chi connectivity index (χ1n) is 21.6. The van der Waals surface area contributed by atoms with Crippen molar-refractivity contribution < 1.29 is 95.5 Å². The van der Waals surface area contributed by atoms with Crippen molar-refractivity contribution in [2.45, 2.75) is 51.1 Å². The number of aromatic nitrogens is 4. The van der Waals surface area contributed by atoms with Gasteiger partial charge in [-0.15, -0.1) is 0 Å². The van der Waals surface area contributed by atoms with Gasteiger partial charge in [0.25, 0.3) is 11.8 Å². The Bertz CT molecular complexity index is 3140. The molecule has 8 aromatic rings. The number of aliphatic hydroxyl groups excluding tert-OH is 1. The molecule has 4 aromatic carbocycles. The standard InChI is InChI=1S/C26H22F3N3O3.C25H20F3N3O3.CH4O.Na.H2O/c1-16(18-7-9-19(10-8-18)25(34)35-2)31-24(33)22-15-30-32-13-3-4-20(23(22)32)14-17-5-11-21(12-6-17)26(27,28)29;1-15(17-6-8-18(9-7-17)24(33)34)30-23(32)21-14-29-31-12-2-3-19(22(21)31)13-16-4-10-20(11-5-16)25(26,27)28;1-2;;/h3-13,15-16H,14H2,1-2H3,(H,31,33);2-12,14-15H,13H2,1H3,(H,30,32)(H,33,34);2H,1H3;;1H2/q;;;+1;/p-1/t16-;15-;;;/m00.../s1. The number of carboxylic acids is 1. The first-order valence-corrected chi connectivity index (χ1v) is 21.6. The minimum atomic E-state index is -4.40. The number of fused-ring (bicyclic) bond motifs is 2. The van der Waals surface area contributed by atoms with Gasteiger partial charge < -0.3 is 31.1 Å². The number of nitrogens with one attached hydrogen (secondary N) is 2. The van der Waals surface area contributed by atoms with E-state index in [1.54, 1.807) is 82.9 Å². The van der Waals surface area contributed by atoms with Crippen LogP contribution in [0.25, 0.3) is 11.0 Å². The van der Waals surface area contributed by atoms with Crippen molar-refractivity contribution in [2.24, 2.45) is 0 Å². The maximum Gasteiger partial charge on any atom is 1.00 e. The van der Waals surface area contributed by atoms with Crippen LogP contribution in [0, 0.1) is 0 Å². The van der Waals surface area contributed by atoms with Gasteiger partial charge in [-0.3, -0.25) is 9.59 Å². The molecule has 0 radical (unpaired) electrons. The van der Waals surface area contributed by atoms with Gasteiger partial charge in [-0.25, -0.2) is 18.6 Å². The molecule has 2 atom stereocenters. The van der Waals surface area contributed by atoms with Gasteiger partial charge in [0, 0.05) is 19.5 Å². The molecule has 0 spiro atoms. The summed E-state index contributed by atoms with van der Waals surface area (Å²) in [6.07, 6.45) is -1.84. The zero-order chi connectivity index (χ0) is 51.6.